The molecule has 0 unspecified atom stereocenters. The molecule has 6 aliphatic rings. The number of aliphatic carboxylic acids is 1. The molecule has 0 saturated heterocycles. The molecule has 12 atom stereocenters. The summed E-state index contributed by atoms with van der Waals surface area (Å²) >= 11 is 0. The standard InChI is InChI=1S/C44H71NO5/c1-27(2)30-15-20-44(24-35(46)45-29-12-11-28(3)23-29)22-21-42(9)31(38(30)44)13-14-33-41(8)18-17-34(40(6,7)32(41)16-19-43(33,42)10)50-37(49)26-39(4,5)25-36(47)48/h28-34,38H,1,11-26H2,2-10H3,(H,45,46)(H,47,48)/t28-,29+,30+,31-,32+,33-,34+,38-,41+,42-,43-,44-/m1/s1. The number of hydrogen-bond acceptors (Lipinski definition) is 4. The number of ether oxygens (including phenoxy) is 1. The number of carboxylic acids is 1. The molecule has 1 amide bonds. The fraction of sp³-hybridized carbons (Fsp3) is 0.886. The maximum atomic E-state index is 13.8. The van der Waals surface area contributed by atoms with Crippen molar-refractivity contribution in [2.75, 3.05) is 0 Å². The summed E-state index contributed by atoms with van der Waals surface area (Å²) in [5.74, 6) is 2.62. The number of esters is 1. The topological polar surface area (TPSA) is 92.7 Å². The largest absolute Gasteiger partial charge is 0.481 e. The highest BCUT2D eigenvalue weighted by atomic mass is 16.5. The van der Waals surface area contributed by atoms with Crippen molar-refractivity contribution in [2.45, 2.75) is 177 Å². The van der Waals surface area contributed by atoms with E-state index in [9.17, 15) is 19.5 Å². The number of amides is 1. The normalized spacial score (nSPS) is 45.0. The van der Waals surface area contributed by atoms with Gasteiger partial charge in [-0.05, 0) is 153 Å². The van der Waals surface area contributed by atoms with Gasteiger partial charge < -0.3 is 15.2 Å². The summed E-state index contributed by atoms with van der Waals surface area (Å²) < 4.78 is 6.28. The molecule has 6 fully saturated rings. The van der Waals surface area contributed by atoms with Crippen LogP contribution in [0.4, 0.5) is 0 Å². The van der Waals surface area contributed by atoms with Crippen molar-refractivity contribution in [3.63, 3.8) is 0 Å². The minimum atomic E-state index is -0.878. The smallest absolute Gasteiger partial charge is 0.306 e. The summed E-state index contributed by atoms with van der Waals surface area (Å²) in [6.45, 7) is 25.4. The lowest BCUT2D eigenvalue weighted by atomic mass is 9.32. The van der Waals surface area contributed by atoms with Crippen LogP contribution in [0.25, 0.3) is 0 Å². The van der Waals surface area contributed by atoms with Gasteiger partial charge in [0.15, 0.2) is 0 Å². The first-order valence-electron chi connectivity index (χ1n) is 20.5. The monoisotopic (exact) mass is 694 g/mol. The van der Waals surface area contributed by atoms with Crippen LogP contribution < -0.4 is 5.32 Å². The van der Waals surface area contributed by atoms with Crippen LogP contribution in [0.5, 0.6) is 0 Å². The highest BCUT2D eigenvalue weighted by Crippen LogP contribution is 2.78. The van der Waals surface area contributed by atoms with Gasteiger partial charge in [0.1, 0.15) is 6.10 Å². The summed E-state index contributed by atoms with van der Waals surface area (Å²) in [5.41, 5.74) is 1.25. The molecular formula is C44H71NO5. The van der Waals surface area contributed by atoms with Crippen LogP contribution in [-0.4, -0.2) is 35.1 Å². The third-order valence-electron chi connectivity index (χ3n) is 17.3. The van der Waals surface area contributed by atoms with E-state index in [1.807, 2.05) is 13.8 Å². The van der Waals surface area contributed by atoms with E-state index in [2.05, 4.69) is 60.4 Å². The van der Waals surface area contributed by atoms with Crippen LogP contribution in [0.1, 0.15) is 165 Å². The van der Waals surface area contributed by atoms with E-state index in [1.165, 1.54) is 44.1 Å². The Balaban J connectivity index is 1.22. The lowest BCUT2D eigenvalue weighted by Gasteiger charge is -2.73. The van der Waals surface area contributed by atoms with Crippen LogP contribution in [0.2, 0.25) is 0 Å². The predicted octanol–water partition coefficient (Wildman–Crippen LogP) is 10.1. The number of hydrogen-bond donors (Lipinski definition) is 2. The summed E-state index contributed by atoms with van der Waals surface area (Å²) in [4.78, 5) is 38.4. The molecule has 6 nitrogen and oxygen atoms in total. The fourth-order valence-corrected chi connectivity index (χ4v) is 14.8. The van der Waals surface area contributed by atoms with E-state index in [0.717, 1.165) is 44.9 Å². The zero-order chi connectivity index (χ0) is 36.7. The van der Waals surface area contributed by atoms with Crippen molar-refractivity contribution in [2.24, 2.45) is 68.0 Å². The molecule has 0 bridgehead atoms. The van der Waals surface area contributed by atoms with E-state index < -0.39 is 11.4 Å². The first-order chi connectivity index (χ1) is 23.2. The number of carboxylic acid groups (broad SMARTS) is 1. The molecule has 0 aliphatic heterocycles. The SMILES string of the molecule is C=C(C)[C@@H]1CC[C@]2(CC(=O)N[C@H]3CC[C@@H](C)C3)CC[C@]3(C)[C@H](CC[C@@H]4[C@@]5(C)CC[C@H](OC(=O)CC(C)(C)CC(=O)O)C(C)(C)[C@@H]5CC[C@]43C)[C@@H]12. The first kappa shape index (κ1) is 37.9. The zero-order valence-corrected chi connectivity index (χ0v) is 33.2. The molecule has 0 radical (unpaired) electrons. The van der Waals surface area contributed by atoms with Crippen LogP contribution in [0, 0.1) is 68.0 Å². The molecule has 6 aliphatic carbocycles. The Bertz CT molecular complexity index is 1370. The highest BCUT2D eigenvalue weighted by molar-refractivity contribution is 5.77. The second kappa shape index (κ2) is 12.9. The minimum Gasteiger partial charge on any atom is -0.481 e. The Hall–Kier alpha value is -1.85. The van der Waals surface area contributed by atoms with E-state index in [-0.39, 0.29) is 52.0 Å². The van der Waals surface area contributed by atoms with Crippen molar-refractivity contribution in [1.29, 1.82) is 0 Å². The lowest BCUT2D eigenvalue weighted by molar-refractivity contribution is -0.250. The second-order valence-electron chi connectivity index (χ2n) is 21.2. The maximum Gasteiger partial charge on any atom is 0.306 e. The molecule has 282 valence electrons. The van der Waals surface area contributed by atoms with Crippen molar-refractivity contribution in [1.82, 2.24) is 5.32 Å². The predicted molar refractivity (Wildman–Crippen MR) is 199 cm³/mol. The molecular weight excluding hydrogens is 622 g/mol. The minimum absolute atomic E-state index is 0.0427. The van der Waals surface area contributed by atoms with Gasteiger partial charge >= 0.3 is 11.9 Å². The number of rotatable bonds is 9. The van der Waals surface area contributed by atoms with Crippen LogP contribution in [0.3, 0.4) is 0 Å². The van der Waals surface area contributed by atoms with Crippen LogP contribution >= 0.6 is 0 Å². The average Bonchev–Trinajstić information content (AvgIpc) is 3.57. The number of fused-ring (bicyclic) bond motifs is 7. The molecule has 6 saturated carbocycles. The third-order valence-corrected chi connectivity index (χ3v) is 17.3. The second-order valence-corrected chi connectivity index (χ2v) is 21.2. The van der Waals surface area contributed by atoms with E-state index in [0.29, 0.717) is 53.9 Å². The fourth-order valence-electron chi connectivity index (χ4n) is 14.8. The Morgan fingerprint density at radius 3 is 2.20 bits per heavy atom. The van der Waals surface area contributed by atoms with Crippen molar-refractivity contribution >= 4 is 17.8 Å². The lowest BCUT2D eigenvalue weighted by Crippen LogP contribution is -2.67. The maximum absolute atomic E-state index is 13.8. The molecule has 50 heavy (non-hydrogen) atoms. The van der Waals surface area contributed by atoms with Gasteiger partial charge in [0.2, 0.25) is 5.91 Å². The first-order valence-corrected chi connectivity index (χ1v) is 20.5. The number of carbonyl (C=O) groups excluding carboxylic acids is 2. The number of carbonyl (C=O) groups is 3. The Labute approximate surface area is 304 Å². The summed E-state index contributed by atoms with van der Waals surface area (Å²) in [7, 11) is 0. The van der Waals surface area contributed by atoms with E-state index in [4.69, 9.17) is 4.74 Å². The van der Waals surface area contributed by atoms with Gasteiger partial charge in [0.05, 0.1) is 12.8 Å². The highest BCUT2D eigenvalue weighted by Gasteiger charge is 2.71. The van der Waals surface area contributed by atoms with Gasteiger partial charge in [-0.15, -0.1) is 0 Å². The average molecular weight is 694 g/mol. The van der Waals surface area contributed by atoms with Gasteiger partial charge in [-0.2, -0.15) is 0 Å². The molecule has 0 heterocycles. The molecule has 0 aromatic heterocycles. The summed E-state index contributed by atoms with van der Waals surface area (Å²) in [6.07, 6.45) is 15.6. The zero-order valence-electron chi connectivity index (χ0n) is 33.2. The number of allylic oxidation sites excluding steroid dienone is 1. The third kappa shape index (κ3) is 6.20. The molecule has 0 spiro atoms. The van der Waals surface area contributed by atoms with Gasteiger partial charge in [-0.25, -0.2) is 0 Å². The van der Waals surface area contributed by atoms with Crippen molar-refractivity contribution in [3.8, 4) is 0 Å². The molecule has 2 N–H and O–H groups in total. The van der Waals surface area contributed by atoms with Gasteiger partial charge in [-0.3, -0.25) is 14.4 Å². The summed E-state index contributed by atoms with van der Waals surface area (Å²) in [6, 6.07) is 0.358. The summed E-state index contributed by atoms with van der Waals surface area (Å²) in [5, 5.41) is 12.8. The molecule has 6 heteroatoms. The molecule has 0 aromatic rings. The van der Waals surface area contributed by atoms with Crippen molar-refractivity contribution in [3.05, 3.63) is 12.2 Å². The van der Waals surface area contributed by atoms with E-state index >= 15 is 0 Å². The molecule has 6 rings (SSSR count). The van der Waals surface area contributed by atoms with Gasteiger partial charge in [0, 0.05) is 17.9 Å². The van der Waals surface area contributed by atoms with Gasteiger partial charge in [0.25, 0.3) is 0 Å². The Morgan fingerprint density at radius 1 is 0.840 bits per heavy atom. The van der Waals surface area contributed by atoms with E-state index in [1.54, 1.807) is 0 Å². The van der Waals surface area contributed by atoms with Gasteiger partial charge in [-0.1, -0.05) is 67.5 Å². The van der Waals surface area contributed by atoms with Crippen LogP contribution in [0.15, 0.2) is 12.2 Å². The number of nitrogens with one attached hydrogen (secondary N) is 1. The Morgan fingerprint density at radius 2 is 1.56 bits per heavy atom. The Kier molecular flexibility index (Phi) is 9.79. The quantitative estimate of drug-likeness (QED) is 0.185. The molecule has 0 aromatic carbocycles. The van der Waals surface area contributed by atoms with Crippen molar-refractivity contribution < 1.29 is 24.2 Å². The van der Waals surface area contributed by atoms with Crippen LogP contribution in [-0.2, 0) is 19.1 Å².